The molecule has 1 amide bonds. The first-order valence-electron chi connectivity index (χ1n) is 10.3. The van der Waals surface area contributed by atoms with Crippen molar-refractivity contribution >= 4 is 36.2 Å². The van der Waals surface area contributed by atoms with Crippen molar-refractivity contribution in [1.29, 1.82) is 0 Å². The van der Waals surface area contributed by atoms with Gasteiger partial charge >= 0.3 is 5.97 Å². The molecule has 3 rings (SSSR count). The van der Waals surface area contributed by atoms with Crippen LogP contribution >= 0.6 is 0 Å². The number of carbonyl (C=O) groups excluding carboxylic acids is 1. The largest absolute Gasteiger partial charge is 0.478 e. The summed E-state index contributed by atoms with van der Waals surface area (Å²) < 4.78 is 0. The monoisotopic (exact) mass is 440 g/mol. The smallest absolute Gasteiger partial charge is 0.335 e. The van der Waals surface area contributed by atoms with Crippen LogP contribution in [-0.2, 0) is 0 Å². The van der Waals surface area contributed by atoms with Crippen LogP contribution in [0.25, 0.3) is 11.0 Å². The molecule has 8 nitrogen and oxygen atoms in total. The van der Waals surface area contributed by atoms with Gasteiger partial charge in [-0.25, -0.2) is 14.8 Å². The fourth-order valence-corrected chi connectivity index (χ4v) is 6.74. The highest BCUT2D eigenvalue weighted by Crippen LogP contribution is 2.29. The third-order valence-corrected chi connectivity index (χ3v) is 9.08. The first-order valence-corrected chi connectivity index (χ1v) is 13.5. The Kier molecular flexibility index (Phi) is 6.56. The number of amides is 1. The summed E-state index contributed by atoms with van der Waals surface area (Å²) in [7, 11) is -0.525. The minimum Gasteiger partial charge on any atom is -0.478 e. The number of rotatable bonds is 8. The van der Waals surface area contributed by atoms with E-state index >= 15 is 0 Å². The number of carboxylic acids is 1. The van der Waals surface area contributed by atoms with E-state index < -0.39 is 26.1 Å². The van der Waals surface area contributed by atoms with Crippen molar-refractivity contribution in [3.8, 4) is 0 Å². The van der Waals surface area contributed by atoms with Crippen LogP contribution in [0.3, 0.4) is 0 Å². The first kappa shape index (κ1) is 22.6. The maximum absolute atomic E-state index is 12.2. The van der Waals surface area contributed by atoms with E-state index in [2.05, 4.69) is 40.3 Å². The van der Waals surface area contributed by atoms with E-state index in [9.17, 15) is 19.8 Å². The summed E-state index contributed by atoms with van der Waals surface area (Å²) in [5.74, 6) is -1.71. The molecular weight excluding hydrogens is 412 g/mol. The molecule has 0 aliphatic carbocycles. The molecule has 164 valence electrons. The zero-order valence-corrected chi connectivity index (χ0v) is 19.2. The lowest BCUT2D eigenvalue weighted by Crippen LogP contribution is -2.44. The van der Waals surface area contributed by atoms with Crippen LogP contribution < -0.4 is 10.5 Å². The molecule has 0 spiro atoms. The fourth-order valence-electron chi connectivity index (χ4n) is 3.82. The summed E-state index contributed by atoms with van der Waals surface area (Å²) in [6.45, 7) is 6.63. The summed E-state index contributed by atoms with van der Waals surface area (Å²) >= 11 is 0. The Labute approximate surface area is 181 Å². The summed E-state index contributed by atoms with van der Waals surface area (Å²) in [6.07, 6.45) is 4.53. The molecule has 0 fully saturated rings. The number of nitrogens with one attached hydrogen (secondary N) is 2. The molecule has 0 aromatic carbocycles. The number of aromatic nitrogens is 3. The van der Waals surface area contributed by atoms with E-state index in [1.807, 2.05) is 12.3 Å². The number of carboxylic acid groups (broad SMARTS) is 1. The summed E-state index contributed by atoms with van der Waals surface area (Å²) in [4.78, 5) is 35.7. The van der Waals surface area contributed by atoms with Crippen molar-refractivity contribution in [1.82, 2.24) is 20.3 Å². The van der Waals surface area contributed by atoms with Crippen molar-refractivity contribution < 1.29 is 19.8 Å². The van der Waals surface area contributed by atoms with E-state index in [1.165, 1.54) is 19.2 Å². The number of carbonyl (C=O) groups is 2. The molecule has 4 N–H and O–H groups in total. The van der Waals surface area contributed by atoms with Gasteiger partial charge in [0.1, 0.15) is 17.4 Å². The number of nitrogens with zero attached hydrogens (tertiary/aromatic N) is 2. The Morgan fingerprint density at radius 2 is 2.03 bits per heavy atom. The second kappa shape index (κ2) is 8.99. The second-order valence-electron chi connectivity index (χ2n) is 8.27. The van der Waals surface area contributed by atoms with Gasteiger partial charge < -0.3 is 20.5 Å². The van der Waals surface area contributed by atoms with Crippen molar-refractivity contribution in [3.05, 3.63) is 53.1 Å². The third kappa shape index (κ3) is 4.52. The van der Waals surface area contributed by atoms with Gasteiger partial charge in [-0.1, -0.05) is 38.9 Å². The molecule has 31 heavy (non-hydrogen) atoms. The first-order chi connectivity index (χ1) is 14.7. The van der Waals surface area contributed by atoms with Gasteiger partial charge in [0.05, 0.1) is 19.3 Å². The standard InChI is InChI=1S/C22H28N4O4Si/c1-5-6-9-31(3,4)17-12-25-20-14(7-8-24-20)18(17)19(27)15-10-13(22(29)30)11-16(26-15)21(28)23-2/h7-8,10-12,19,27H,5-6,9H2,1-4H3,(H,23,28)(H,24,25)(H,29,30). The number of fused-ring (bicyclic) bond motifs is 1. The predicted octanol–water partition coefficient (Wildman–Crippen LogP) is 2.81. The van der Waals surface area contributed by atoms with Crippen molar-refractivity contribution in [2.75, 3.05) is 7.05 Å². The number of aliphatic hydroxyl groups excluding tert-OH is 1. The van der Waals surface area contributed by atoms with Crippen LogP contribution in [0.15, 0.2) is 30.6 Å². The summed E-state index contributed by atoms with van der Waals surface area (Å²) in [5.41, 5.74) is 1.27. The number of hydrogen-bond acceptors (Lipinski definition) is 5. The molecule has 0 aliphatic heterocycles. The van der Waals surface area contributed by atoms with E-state index in [0.717, 1.165) is 29.5 Å². The van der Waals surface area contributed by atoms with Crippen molar-refractivity contribution in [2.45, 2.75) is 45.0 Å². The zero-order chi connectivity index (χ0) is 22.8. The van der Waals surface area contributed by atoms with E-state index in [0.29, 0.717) is 11.2 Å². The van der Waals surface area contributed by atoms with E-state index in [4.69, 9.17) is 0 Å². The quantitative estimate of drug-likeness (QED) is 0.399. The molecular formula is C22H28N4O4Si. The number of aromatic amines is 1. The number of pyridine rings is 2. The molecule has 1 atom stereocenters. The normalized spacial score (nSPS) is 12.7. The lowest BCUT2D eigenvalue weighted by atomic mass is 10.0. The minimum atomic E-state index is -1.97. The molecule has 0 aliphatic rings. The van der Waals surface area contributed by atoms with Gasteiger partial charge in [0.15, 0.2) is 0 Å². The Bertz CT molecular complexity index is 1130. The zero-order valence-electron chi connectivity index (χ0n) is 18.2. The topological polar surface area (TPSA) is 128 Å². The van der Waals surface area contributed by atoms with Gasteiger partial charge in [0.25, 0.3) is 5.91 Å². The van der Waals surface area contributed by atoms with Crippen LogP contribution in [-0.4, -0.2) is 52.2 Å². The molecule has 0 radical (unpaired) electrons. The average Bonchev–Trinajstić information content (AvgIpc) is 3.24. The molecule has 0 saturated carbocycles. The minimum absolute atomic E-state index is 0.0557. The molecule has 9 heteroatoms. The van der Waals surface area contributed by atoms with Crippen LogP contribution in [0.5, 0.6) is 0 Å². The number of H-pyrrole nitrogens is 1. The van der Waals surface area contributed by atoms with E-state index in [-0.39, 0.29) is 17.0 Å². The van der Waals surface area contributed by atoms with Gasteiger partial charge in [-0.15, -0.1) is 0 Å². The third-order valence-electron chi connectivity index (χ3n) is 5.62. The molecule has 0 saturated heterocycles. The summed E-state index contributed by atoms with van der Waals surface area (Å²) in [5, 5.41) is 25.2. The number of unbranched alkanes of at least 4 members (excludes halogenated alkanes) is 1. The van der Waals surface area contributed by atoms with Gasteiger partial charge in [-0.2, -0.15) is 0 Å². The number of aromatic carboxylic acids is 1. The SMILES string of the molecule is CCCC[Si](C)(C)c1cnc2[nH]ccc2c1C(O)c1cc(C(=O)O)cc(C(=O)NC)n1. The Morgan fingerprint density at radius 3 is 2.68 bits per heavy atom. The highest BCUT2D eigenvalue weighted by molar-refractivity contribution is 6.90. The van der Waals surface area contributed by atoms with Gasteiger partial charge in [-0.05, 0) is 28.9 Å². The highest BCUT2D eigenvalue weighted by atomic mass is 28.3. The molecule has 3 aromatic heterocycles. The Morgan fingerprint density at radius 1 is 1.29 bits per heavy atom. The van der Waals surface area contributed by atoms with Crippen molar-refractivity contribution in [2.24, 2.45) is 0 Å². The van der Waals surface area contributed by atoms with Crippen LogP contribution in [0.4, 0.5) is 0 Å². The van der Waals surface area contributed by atoms with Crippen LogP contribution in [0.2, 0.25) is 19.1 Å². The second-order valence-corrected chi connectivity index (χ2v) is 13.1. The lowest BCUT2D eigenvalue weighted by molar-refractivity contribution is 0.0696. The van der Waals surface area contributed by atoms with Crippen molar-refractivity contribution in [3.63, 3.8) is 0 Å². The van der Waals surface area contributed by atoms with Crippen LogP contribution in [0.1, 0.15) is 58.0 Å². The number of hydrogen-bond donors (Lipinski definition) is 4. The maximum atomic E-state index is 12.2. The Balaban J connectivity index is 2.22. The average molecular weight is 441 g/mol. The Hall–Kier alpha value is -3.04. The van der Waals surface area contributed by atoms with Gasteiger partial charge in [0.2, 0.25) is 0 Å². The lowest BCUT2D eigenvalue weighted by Gasteiger charge is -2.28. The fraction of sp³-hybridized carbons (Fsp3) is 0.364. The number of aliphatic hydroxyl groups is 1. The predicted molar refractivity (Wildman–Crippen MR) is 122 cm³/mol. The van der Waals surface area contributed by atoms with Gasteiger partial charge in [-0.3, -0.25) is 4.79 Å². The maximum Gasteiger partial charge on any atom is 0.335 e. The van der Waals surface area contributed by atoms with E-state index in [1.54, 1.807) is 6.20 Å². The molecule has 3 aromatic rings. The van der Waals surface area contributed by atoms with Crippen LogP contribution in [0, 0.1) is 0 Å². The summed E-state index contributed by atoms with van der Waals surface area (Å²) in [6, 6.07) is 5.42. The molecule has 3 heterocycles. The molecule has 1 unspecified atom stereocenters. The molecule has 0 bridgehead atoms. The highest BCUT2D eigenvalue weighted by Gasteiger charge is 2.31. The van der Waals surface area contributed by atoms with Gasteiger partial charge in [0, 0.05) is 24.8 Å².